The van der Waals surface area contributed by atoms with Gasteiger partial charge in [-0.15, -0.1) is 0 Å². The molecule has 10 heteroatoms. The third-order valence-electron chi connectivity index (χ3n) is 10.5. The van der Waals surface area contributed by atoms with E-state index in [-0.39, 0.29) is 12.5 Å². The van der Waals surface area contributed by atoms with Crippen LogP contribution in [0.5, 0.6) is 0 Å². The number of rotatable bonds is 11. The van der Waals surface area contributed by atoms with E-state index in [1.807, 2.05) is 55.6 Å². The normalized spacial score (nSPS) is 16.7. The van der Waals surface area contributed by atoms with Gasteiger partial charge in [0, 0.05) is 48.7 Å². The van der Waals surface area contributed by atoms with Crippen LogP contribution in [0.15, 0.2) is 77.5 Å². The van der Waals surface area contributed by atoms with Crippen LogP contribution in [0.1, 0.15) is 54.5 Å². The molecule has 6 aromatic rings. The number of nitrogens with zero attached hydrogens (tertiary/aromatic N) is 5. The Morgan fingerprint density at radius 1 is 1.06 bits per heavy atom. The van der Waals surface area contributed by atoms with Gasteiger partial charge in [-0.3, -0.25) is 14.7 Å². The van der Waals surface area contributed by atoms with Gasteiger partial charge in [0.1, 0.15) is 17.1 Å². The van der Waals surface area contributed by atoms with Gasteiger partial charge in [-0.1, -0.05) is 31.2 Å². The number of nitriles is 1. The third kappa shape index (κ3) is 6.73. The first-order valence-electron chi connectivity index (χ1n) is 17.7. The number of aliphatic hydroxyl groups excluding tert-OH is 1. The van der Waals surface area contributed by atoms with Gasteiger partial charge < -0.3 is 19.9 Å². The zero-order chi connectivity index (χ0) is 36.6. The highest BCUT2D eigenvalue weighted by Crippen LogP contribution is 2.38. The van der Waals surface area contributed by atoms with Gasteiger partial charge in [0.25, 0.3) is 0 Å². The van der Waals surface area contributed by atoms with Crippen molar-refractivity contribution in [3.05, 3.63) is 101 Å². The SMILES string of the molecule is Cc1c(Nc2nccc3cc(CC[C@@H](C)CO)cnc23)cccc1-c1cccc(-c2nc3cc(CN4CC[C@@](C)(C(=O)O)C4)cc(C#N)c3o2)c1C. The van der Waals surface area contributed by atoms with Crippen LogP contribution >= 0.6 is 0 Å². The Morgan fingerprint density at radius 2 is 1.83 bits per heavy atom. The van der Waals surface area contributed by atoms with E-state index < -0.39 is 11.4 Å². The first-order valence-corrected chi connectivity index (χ1v) is 17.7. The molecule has 3 N–H and O–H groups in total. The van der Waals surface area contributed by atoms with Crippen LogP contribution in [0, 0.1) is 36.5 Å². The minimum atomic E-state index is -0.783. The second kappa shape index (κ2) is 14.2. The number of aliphatic carboxylic acids is 1. The molecule has 3 aromatic heterocycles. The molecule has 4 heterocycles. The second-order valence-corrected chi connectivity index (χ2v) is 14.4. The summed E-state index contributed by atoms with van der Waals surface area (Å²) in [5.41, 5.74) is 9.35. The van der Waals surface area contributed by atoms with E-state index in [9.17, 15) is 20.3 Å². The number of pyridine rings is 2. The predicted octanol–water partition coefficient (Wildman–Crippen LogP) is 8.19. The molecule has 3 aromatic carbocycles. The van der Waals surface area contributed by atoms with Gasteiger partial charge in [0.05, 0.1) is 11.0 Å². The third-order valence-corrected chi connectivity index (χ3v) is 10.5. The highest BCUT2D eigenvalue weighted by Gasteiger charge is 2.40. The summed E-state index contributed by atoms with van der Waals surface area (Å²) in [4.78, 5) is 28.2. The van der Waals surface area contributed by atoms with E-state index in [1.54, 1.807) is 13.1 Å². The first kappa shape index (κ1) is 34.8. The summed E-state index contributed by atoms with van der Waals surface area (Å²) in [7, 11) is 0. The molecule has 10 nitrogen and oxygen atoms in total. The van der Waals surface area contributed by atoms with Gasteiger partial charge in [-0.05, 0) is 122 Å². The van der Waals surface area contributed by atoms with Gasteiger partial charge in [-0.25, -0.2) is 9.97 Å². The van der Waals surface area contributed by atoms with Crippen LogP contribution in [-0.2, 0) is 17.8 Å². The molecule has 1 fully saturated rings. The van der Waals surface area contributed by atoms with Crippen LogP contribution < -0.4 is 5.32 Å². The minimum absolute atomic E-state index is 0.181. The largest absolute Gasteiger partial charge is 0.481 e. The van der Waals surface area contributed by atoms with E-state index in [1.165, 1.54) is 0 Å². The van der Waals surface area contributed by atoms with Gasteiger partial charge in [0.2, 0.25) is 5.89 Å². The van der Waals surface area contributed by atoms with Crippen molar-refractivity contribution >= 4 is 39.5 Å². The molecule has 1 aliphatic rings. The first-order chi connectivity index (χ1) is 25.1. The summed E-state index contributed by atoms with van der Waals surface area (Å²) < 4.78 is 6.29. The standard InChI is InChI=1S/C42H42N6O4/c1-25(23-49)11-12-28-17-30-13-15-44-39(37(30)45-21-28)46-35-10-6-8-33(27(35)3)32-7-5-9-34(26(32)2)40-47-36-19-29(18-31(20-43)38(36)52-40)22-48-16-14-42(4,24-48)41(50)51/h5-10,13,15,17-19,21,25,49H,11-12,14,16,22-24H2,1-4H3,(H,44,46)(H,50,51)/t25-,42-/m1/s1. The van der Waals surface area contributed by atoms with Crippen molar-refractivity contribution < 1.29 is 19.4 Å². The molecule has 0 spiro atoms. The fourth-order valence-electron chi connectivity index (χ4n) is 7.19. The minimum Gasteiger partial charge on any atom is -0.481 e. The number of hydrogen-bond donors (Lipinski definition) is 3. The number of aliphatic hydroxyl groups is 1. The number of fused-ring (bicyclic) bond motifs is 2. The van der Waals surface area contributed by atoms with Gasteiger partial charge >= 0.3 is 5.97 Å². The zero-order valence-electron chi connectivity index (χ0n) is 29.9. The van der Waals surface area contributed by atoms with E-state index in [2.05, 4.69) is 53.3 Å². The number of benzene rings is 3. The zero-order valence-corrected chi connectivity index (χ0v) is 29.9. The highest BCUT2D eigenvalue weighted by molar-refractivity contribution is 5.91. The van der Waals surface area contributed by atoms with Crippen molar-refractivity contribution in [2.75, 3.05) is 25.0 Å². The number of carbonyl (C=O) groups is 1. The molecule has 2 atom stereocenters. The molecule has 1 aliphatic heterocycles. The maximum absolute atomic E-state index is 11.8. The lowest BCUT2D eigenvalue weighted by Gasteiger charge is -2.20. The fourth-order valence-corrected chi connectivity index (χ4v) is 7.19. The number of anilines is 2. The number of hydrogen-bond acceptors (Lipinski definition) is 9. The molecule has 264 valence electrons. The summed E-state index contributed by atoms with van der Waals surface area (Å²) in [6, 6.07) is 22.4. The maximum Gasteiger partial charge on any atom is 0.310 e. The topological polar surface area (TPSA) is 148 Å². The molecule has 0 bridgehead atoms. The summed E-state index contributed by atoms with van der Waals surface area (Å²) >= 11 is 0. The molecule has 0 saturated carbocycles. The summed E-state index contributed by atoms with van der Waals surface area (Å²) in [5.74, 6) is 0.579. The Bertz CT molecular complexity index is 2360. The Labute approximate surface area is 302 Å². The molecule has 0 radical (unpaired) electrons. The molecule has 52 heavy (non-hydrogen) atoms. The van der Waals surface area contributed by atoms with Gasteiger partial charge in [-0.2, -0.15) is 5.26 Å². The number of carboxylic acid groups (broad SMARTS) is 1. The number of aryl methyl sites for hydroxylation is 1. The Hall–Kier alpha value is -5.63. The number of nitrogens with one attached hydrogen (secondary N) is 1. The van der Waals surface area contributed by atoms with Crippen LogP contribution in [0.3, 0.4) is 0 Å². The predicted molar refractivity (Wildman–Crippen MR) is 202 cm³/mol. The fraction of sp³-hybridized carbons (Fsp3) is 0.310. The molecule has 7 rings (SSSR count). The Kier molecular flexibility index (Phi) is 9.49. The van der Waals surface area contributed by atoms with Crippen LogP contribution in [0.2, 0.25) is 0 Å². The lowest BCUT2D eigenvalue weighted by atomic mass is 9.90. The van der Waals surface area contributed by atoms with Gasteiger partial charge in [0.15, 0.2) is 11.4 Å². The maximum atomic E-state index is 11.8. The molecule has 1 saturated heterocycles. The number of aromatic nitrogens is 3. The average Bonchev–Trinajstić information content (AvgIpc) is 3.75. The van der Waals surface area contributed by atoms with Crippen molar-refractivity contribution in [1.82, 2.24) is 19.9 Å². The van der Waals surface area contributed by atoms with Crippen LogP contribution in [0.4, 0.5) is 11.5 Å². The van der Waals surface area contributed by atoms with E-state index in [4.69, 9.17) is 14.4 Å². The van der Waals surface area contributed by atoms with E-state index in [0.29, 0.717) is 54.4 Å². The van der Waals surface area contributed by atoms with Crippen molar-refractivity contribution in [1.29, 1.82) is 5.26 Å². The molecular weight excluding hydrogens is 653 g/mol. The Balaban J connectivity index is 1.17. The highest BCUT2D eigenvalue weighted by atomic mass is 16.4. The number of carboxylic acids is 1. The smallest absolute Gasteiger partial charge is 0.310 e. The lowest BCUT2D eigenvalue weighted by Crippen LogP contribution is -2.31. The summed E-state index contributed by atoms with van der Waals surface area (Å²) in [5, 5.41) is 33.7. The molecule has 0 unspecified atom stereocenters. The van der Waals surface area contributed by atoms with E-state index >= 15 is 0 Å². The second-order valence-electron chi connectivity index (χ2n) is 14.4. The molecular formula is C42H42N6O4. The molecule has 0 amide bonds. The molecule has 0 aliphatic carbocycles. The number of oxazole rings is 1. The monoisotopic (exact) mass is 694 g/mol. The Morgan fingerprint density at radius 3 is 2.58 bits per heavy atom. The van der Waals surface area contributed by atoms with Crippen molar-refractivity contribution in [3.63, 3.8) is 0 Å². The van der Waals surface area contributed by atoms with Crippen molar-refractivity contribution in [3.8, 4) is 28.7 Å². The van der Waals surface area contributed by atoms with Crippen LogP contribution in [0.25, 0.3) is 44.6 Å². The summed E-state index contributed by atoms with van der Waals surface area (Å²) in [6.07, 6.45) is 6.03. The number of likely N-dealkylation sites (tertiary alicyclic amines) is 1. The van der Waals surface area contributed by atoms with Crippen molar-refractivity contribution in [2.24, 2.45) is 11.3 Å². The average molecular weight is 695 g/mol. The van der Waals surface area contributed by atoms with Crippen molar-refractivity contribution in [2.45, 2.75) is 53.5 Å². The lowest BCUT2D eigenvalue weighted by molar-refractivity contribution is -0.147. The summed E-state index contributed by atoms with van der Waals surface area (Å²) in [6.45, 7) is 9.81. The van der Waals surface area contributed by atoms with Crippen LogP contribution in [-0.4, -0.2) is 55.7 Å². The quantitative estimate of drug-likeness (QED) is 0.121. The van der Waals surface area contributed by atoms with E-state index in [0.717, 1.165) is 68.4 Å².